The third-order valence-corrected chi connectivity index (χ3v) is 3.36. The van der Waals surface area contributed by atoms with Crippen LogP contribution in [0.2, 0.25) is 0 Å². The molecule has 0 saturated carbocycles. The first kappa shape index (κ1) is 10.2. The minimum absolute atomic E-state index is 0.00913. The number of aldehydes is 1. The highest BCUT2D eigenvalue weighted by atomic mass is 16.3. The van der Waals surface area contributed by atoms with Crippen molar-refractivity contribution in [2.45, 2.75) is 12.5 Å². The van der Waals surface area contributed by atoms with E-state index < -0.39 is 0 Å². The van der Waals surface area contributed by atoms with Crippen LogP contribution in [-0.4, -0.2) is 11.4 Å². The molecule has 0 spiro atoms. The van der Waals surface area contributed by atoms with Crippen molar-refractivity contribution in [1.29, 1.82) is 0 Å². The summed E-state index contributed by atoms with van der Waals surface area (Å²) in [5.74, 6) is -0.187. The van der Waals surface area contributed by atoms with Gasteiger partial charge in [-0.25, -0.2) is 0 Å². The fourth-order valence-corrected chi connectivity index (χ4v) is 2.54. The number of rotatable bonds is 2. The van der Waals surface area contributed by atoms with Crippen LogP contribution in [0.15, 0.2) is 42.5 Å². The molecule has 84 valence electrons. The van der Waals surface area contributed by atoms with E-state index in [1.807, 2.05) is 42.5 Å². The Morgan fingerprint density at radius 1 is 1.06 bits per heavy atom. The number of benzene rings is 2. The van der Waals surface area contributed by atoms with E-state index in [1.165, 1.54) is 0 Å². The average molecular weight is 224 g/mol. The molecule has 17 heavy (non-hydrogen) atoms. The molecule has 0 aromatic heterocycles. The maximum atomic E-state index is 11.3. The summed E-state index contributed by atoms with van der Waals surface area (Å²) in [7, 11) is 0. The first-order valence-corrected chi connectivity index (χ1v) is 5.63. The number of fused-ring (bicyclic) bond motifs is 3. The van der Waals surface area contributed by atoms with Gasteiger partial charge in [0.05, 0.1) is 12.5 Å². The third-order valence-electron chi connectivity index (χ3n) is 3.36. The molecule has 0 bridgehead atoms. The standard InChI is InChI=1S/C15H12O2/c16-8-10-5-6-13-11-3-1-2-4-12(11)15(9-17)14(13)7-10/h1-7,9,15-16H,8H2. The second-order valence-electron chi connectivity index (χ2n) is 4.28. The molecule has 0 radical (unpaired) electrons. The molecule has 2 nitrogen and oxygen atoms in total. The van der Waals surface area contributed by atoms with Gasteiger partial charge in [0.25, 0.3) is 0 Å². The number of carbonyl (C=O) groups excluding carboxylic acids is 1. The summed E-state index contributed by atoms with van der Waals surface area (Å²) < 4.78 is 0. The Morgan fingerprint density at radius 2 is 1.82 bits per heavy atom. The molecule has 1 atom stereocenters. The molecule has 0 amide bonds. The Hall–Kier alpha value is -1.93. The van der Waals surface area contributed by atoms with Crippen LogP contribution < -0.4 is 0 Å². The van der Waals surface area contributed by atoms with Crippen LogP contribution in [-0.2, 0) is 11.4 Å². The fourth-order valence-electron chi connectivity index (χ4n) is 2.54. The molecule has 1 unspecified atom stereocenters. The fraction of sp³-hybridized carbons (Fsp3) is 0.133. The van der Waals surface area contributed by atoms with Crippen molar-refractivity contribution < 1.29 is 9.90 Å². The van der Waals surface area contributed by atoms with Gasteiger partial charge in [0, 0.05) is 0 Å². The molecule has 1 aliphatic rings. The molecule has 0 fully saturated rings. The Kier molecular flexibility index (Phi) is 2.30. The molecule has 2 aromatic carbocycles. The van der Waals surface area contributed by atoms with Gasteiger partial charge in [-0.05, 0) is 27.8 Å². The highest BCUT2D eigenvalue weighted by molar-refractivity contribution is 5.87. The second kappa shape index (κ2) is 3.82. The van der Waals surface area contributed by atoms with Crippen molar-refractivity contribution in [3.8, 4) is 11.1 Å². The van der Waals surface area contributed by atoms with E-state index in [0.717, 1.165) is 34.1 Å². The van der Waals surface area contributed by atoms with Crippen molar-refractivity contribution in [1.82, 2.24) is 0 Å². The molecule has 1 aliphatic carbocycles. The van der Waals surface area contributed by atoms with Crippen LogP contribution in [0.1, 0.15) is 22.6 Å². The average Bonchev–Trinajstić information content (AvgIpc) is 2.71. The first-order valence-electron chi connectivity index (χ1n) is 5.63. The summed E-state index contributed by atoms with van der Waals surface area (Å²) >= 11 is 0. The lowest BCUT2D eigenvalue weighted by Crippen LogP contribution is -1.98. The predicted molar refractivity (Wildman–Crippen MR) is 65.7 cm³/mol. The Balaban J connectivity index is 2.27. The van der Waals surface area contributed by atoms with Gasteiger partial charge < -0.3 is 9.90 Å². The van der Waals surface area contributed by atoms with Gasteiger partial charge in [-0.3, -0.25) is 0 Å². The van der Waals surface area contributed by atoms with Crippen LogP contribution >= 0.6 is 0 Å². The van der Waals surface area contributed by atoms with Crippen molar-refractivity contribution in [3.63, 3.8) is 0 Å². The zero-order valence-electron chi connectivity index (χ0n) is 9.26. The number of hydrogen-bond acceptors (Lipinski definition) is 2. The molecular formula is C15H12O2. The van der Waals surface area contributed by atoms with E-state index in [1.54, 1.807) is 0 Å². The van der Waals surface area contributed by atoms with E-state index in [2.05, 4.69) is 0 Å². The molecule has 1 N–H and O–H groups in total. The highest BCUT2D eigenvalue weighted by Gasteiger charge is 2.27. The minimum atomic E-state index is -0.187. The summed E-state index contributed by atoms with van der Waals surface area (Å²) in [6.45, 7) is 0.00913. The van der Waals surface area contributed by atoms with Gasteiger partial charge in [-0.2, -0.15) is 0 Å². The largest absolute Gasteiger partial charge is 0.392 e. The second-order valence-corrected chi connectivity index (χ2v) is 4.28. The maximum absolute atomic E-state index is 11.3. The lowest BCUT2D eigenvalue weighted by molar-refractivity contribution is -0.108. The zero-order valence-corrected chi connectivity index (χ0v) is 9.26. The SMILES string of the molecule is O=CC1c2ccccc2-c2ccc(CO)cc21. The normalized spacial score (nSPS) is 16.4. The zero-order chi connectivity index (χ0) is 11.8. The summed E-state index contributed by atoms with van der Waals surface area (Å²) in [5.41, 5.74) is 5.16. The van der Waals surface area contributed by atoms with Crippen LogP contribution in [0, 0.1) is 0 Å². The number of hydrogen-bond donors (Lipinski definition) is 1. The van der Waals surface area contributed by atoms with Gasteiger partial charge in [-0.1, -0.05) is 42.5 Å². The Bertz CT molecular complexity index is 587. The monoisotopic (exact) mass is 224 g/mol. The summed E-state index contributed by atoms with van der Waals surface area (Å²) in [6.07, 6.45) is 0.978. The molecule has 2 aromatic rings. The van der Waals surface area contributed by atoms with E-state index in [0.29, 0.717) is 0 Å². The number of aliphatic hydroxyl groups excluding tert-OH is 1. The lowest BCUT2D eigenvalue weighted by atomic mass is 9.97. The van der Waals surface area contributed by atoms with Gasteiger partial charge in [0.1, 0.15) is 6.29 Å². The van der Waals surface area contributed by atoms with E-state index >= 15 is 0 Å². The summed E-state index contributed by atoms with van der Waals surface area (Å²) in [6, 6.07) is 13.8. The lowest BCUT2D eigenvalue weighted by Gasteiger charge is -2.06. The van der Waals surface area contributed by atoms with Crippen LogP contribution in [0.5, 0.6) is 0 Å². The highest BCUT2D eigenvalue weighted by Crippen LogP contribution is 2.43. The van der Waals surface area contributed by atoms with Gasteiger partial charge >= 0.3 is 0 Å². The number of carbonyl (C=O) groups is 1. The van der Waals surface area contributed by atoms with E-state index in [9.17, 15) is 4.79 Å². The van der Waals surface area contributed by atoms with Crippen LogP contribution in [0.3, 0.4) is 0 Å². The third kappa shape index (κ3) is 1.41. The van der Waals surface area contributed by atoms with Crippen LogP contribution in [0.4, 0.5) is 0 Å². The maximum Gasteiger partial charge on any atom is 0.131 e. The van der Waals surface area contributed by atoms with Crippen molar-refractivity contribution in [2.75, 3.05) is 0 Å². The molecule has 0 heterocycles. The smallest absolute Gasteiger partial charge is 0.131 e. The summed E-state index contributed by atoms with van der Waals surface area (Å²) in [5, 5.41) is 9.16. The van der Waals surface area contributed by atoms with Crippen LogP contribution in [0.25, 0.3) is 11.1 Å². The van der Waals surface area contributed by atoms with Gasteiger partial charge in [0.2, 0.25) is 0 Å². The number of aliphatic hydroxyl groups is 1. The first-order chi connectivity index (χ1) is 8.35. The van der Waals surface area contributed by atoms with Gasteiger partial charge in [-0.15, -0.1) is 0 Å². The van der Waals surface area contributed by atoms with Gasteiger partial charge in [0.15, 0.2) is 0 Å². The van der Waals surface area contributed by atoms with Crippen molar-refractivity contribution in [2.24, 2.45) is 0 Å². The summed E-state index contributed by atoms with van der Waals surface area (Å²) in [4.78, 5) is 11.3. The molecule has 2 heteroatoms. The Labute approximate surface area is 99.5 Å². The van der Waals surface area contributed by atoms with E-state index in [4.69, 9.17) is 5.11 Å². The minimum Gasteiger partial charge on any atom is -0.392 e. The molecule has 0 aliphatic heterocycles. The molecule has 0 saturated heterocycles. The van der Waals surface area contributed by atoms with Crippen molar-refractivity contribution in [3.05, 3.63) is 59.2 Å². The topological polar surface area (TPSA) is 37.3 Å². The molecule has 3 rings (SSSR count). The Morgan fingerprint density at radius 3 is 2.59 bits per heavy atom. The molecular weight excluding hydrogens is 212 g/mol. The quantitative estimate of drug-likeness (QED) is 0.796. The van der Waals surface area contributed by atoms with E-state index in [-0.39, 0.29) is 12.5 Å². The van der Waals surface area contributed by atoms with Crippen molar-refractivity contribution >= 4 is 6.29 Å². The predicted octanol–water partition coefficient (Wildman–Crippen LogP) is 2.49.